The summed E-state index contributed by atoms with van der Waals surface area (Å²) in [7, 11) is 0. The fraction of sp³-hybridized carbons (Fsp3) is 0.143. The van der Waals surface area contributed by atoms with Crippen molar-refractivity contribution in [2.75, 3.05) is 0 Å². The van der Waals surface area contributed by atoms with Gasteiger partial charge in [-0.05, 0) is 73.7 Å². The molecule has 0 saturated heterocycles. The number of benzene rings is 3. The average Bonchev–Trinajstić information content (AvgIpc) is 3.51. The molecule has 0 fully saturated rings. The second-order valence-corrected chi connectivity index (χ2v) is 8.97. The van der Waals surface area contributed by atoms with E-state index in [0.717, 1.165) is 34.1 Å². The zero-order valence-electron chi connectivity index (χ0n) is 18.9. The average molecular weight is 485 g/mol. The van der Waals surface area contributed by atoms with Crippen molar-refractivity contribution >= 4 is 23.3 Å². The molecule has 3 heterocycles. The number of aryl methyl sites for hydroxylation is 1. The van der Waals surface area contributed by atoms with E-state index in [9.17, 15) is 4.79 Å². The summed E-state index contributed by atoms with van der Waals surface area (Å²) in [5.74, 6) is 2.42. The molecule has 35 heavy (non-hydrogen) atoms. The second-order valence-electron chi connectivity index (χ2n) is 8.53. The fourth-order valence-corrected chi connectivity index (χ4v) is 4.64. The lowest BCUT2D eigenvalue weighted by molar-refractivity contribution is -0.0190. The Morgan fingerprint density at radius 2 is 1.83 bits per heavy atom. The van der Waals surface area contributed by atoms with Crippen LogP contribution in [0.4, 0.5) is 0 Å². The van der Waals surface area contributed by atoms with Gasteiger partial charge in [0.05, 0.1) is 11.6 Å². The van der Waals surface area contributed by atoms with E-state index in [1.165, 1.54) is 0 Å². The molecule has 6 rings (SSSR count). The number of rotatable bonds is 4. The zero-order valence-corrected chi connectivity index (χ0v) is 19.6. The highest BCUT2D eigenvalue weighted by Gasteiger charge is 2.41. The van der Waals surface area contributed by atoms with Crippen molar-refractivity contribution < 1.29 is 18.7 Å². The minimum absolute atomic E-state index is 0.0431. The molecule has 0 aliphatic carbocycles. The maximum atomic E-state index is 12.4. The third-order valence-corrected chi connectivity index (χ3v) is 6.40. The molecule has 0 N–H and O–H groups in total. The summed E-state index contributed by atoms with van der Waals surface area (Å²) in [6, 6.07) is 25.7. The molecule has 4 aromatic rings. The lowest BCUT2D eigenvalue weighted by atomic mass is 9.97. The summed E-state index contributed by atoms with van der Waals surface area (Å²) in [6.45, 7) is 1.92. The van der Waals surface area contributed by atoms with E-state index in [1.807, 2.05) is 60.5 Å². The minimum atomic E-state index is -0.457. The molecule has 0 unspecified atom stereocenters. The largest absolute Gasteiger partial charge is 0.464 e. The van der Waals surface area contributed by atoms with E-state index in [1.54, 1.807) is 36.4 Å². The molecule has 2 atom stereocenters. The Morgan fingerprint density at radius 3 is 2.57 bits per heavy atom. The van der Waals surface area contributed by atoms with Crippen LogP contribution in [-0.4, -0.2) is 16.7 Å². The van der Waals surface area contributed by atoms with Gasteiger partial charge in [-0.3, -0.25) is 0 Å². The number of halogens is 1. The monoisotopic (exact) mass is 484 g/mol. The molecule has 0 spiro atoms. The topological polar surface area (TPSA) is 64.3 Å². The quantitative estimate of drug-likeness (QED) is 0.238. The first-order valence-electron chi connectivity index (χ1n) is 11.3. The van der Waals surface area contributed by atoms with Crippen molar-refractivity contribution in [1.82, 2.24) is 5.01 Å². The number of furan rings is 1. The molecule has 3 aromatic carbocycles. The Bertz CT molecular complexity index is 1430. The van der Waals surface area contributed by atoms with Gasteiger partial charge in [0.15, 0.2) is 0 Å². The lowest BCUT2D eigenvalue weighted by Gasteiger charge is -2.38. The van der Waals surface area contributed by atoms with Crippen molar-refractivity contribution in [3.63, 3.8) is 0 Å². The molecule has 2 aliphatic heterocycles. The van der Waals surface area contributed by atoms with E-state index < -0.39 is 12.2 Å². The molecule has 0 bridgehead atoms. The molecule has 174 valence electrons. The van der Waals surface area contributed by atoms with Gasteiger partial charge in [0.25, 0.3) is 0 Å². The summed E-state index contributed by atoms with van der Waals surface area (Å²) in [4.78, 5) is 12.4. The van der Waals surface area contributed by atoms with Gasteiger partial charge in [-0.15, -0.1) is 0 Å². The molecule has 0 radical (unpaired) electrons. The molecule has 7 heteroatoms. The Balaban J connectivity index is 1.30. The van der Waals surface area contributed by atoms with Crippen LogP contribution >= 0.6 is 11.6 Å². The Kier molecular flexibility index (Phi) is 5.30. The molecule has 6 nitrogen and oxygen atoms in total. The highest BCUT2D eigenvalue weighted by Crippen LogP contribution is 2.48. The molecule has 0 amide bonds. The van der Waals surface area contributed by atoms with E-state index in [0.29, 0.717) is 22.8 Å². The van der Waals surface area contributed by atoms with Crippen LogP contribution in [0.2, 0.25) is 5.02 Å². The number of carbonyl (C=O) groups is 1. The maximum Gasteiger partial charge on any atom is 0.343 e. The Labute approximate surface area is 207 Å². The van der Waals surface area contributed by atoms with Crippen LogP contribution in [0.1, 0.15) is 51.7 Å². The normalized spacial score (nSPS) is 18.3. The van der Waals surface area contributed by atoms with Crippen LogP contribution in [0.15, 0.2) is 94.4 Å². The van der Waals surface area contributed by atoms with E-state index in [4.69, 9.17) is 30.6 Å². The zero-order chi connectivity index (χ0) is 23.9. The number of esters is 1. The van der Waals surface area contributed by atoms with Crippen LogP contribution in [0.25, 0.3) is 0 Å². The first-order valence-corrected chi connectivity index (χ1v) is 11.7. The minimum Gasteiger partial charge on any atom is -0.464 e. The van der Waals surface area contributed by atoms with Gasteiger partial charge < -0.3 is 13.9 Å². The Morgan fingerprint density at radius 1 is 1.03 bits per heavy atom. The molecule has 2 aliphatic rings. The van der Waals surface area contributed by atoms with E-state index in [2.05, 4.69) is 0 Å². The summed E-state index contributed by atoms with van der Waals surface area (Å²) < 4.78 is 17.8. The number of hydrogen-bond donors (Lipinski definition) is 0. The molecular weight excluding hydrogens is 464 g/mol. The first kappa shape index (κ1) is 21.5. The van der Waals surface area contributed by atoms with Crippen LogP contribution < -0.4 is 9.47 Å². The van der Waals surface area contributed by atoms with Crippen molar-refractivity contribution in [1.29, 1.82) is 0 Å². The number of ether oxygens (including phenoxy) is 2. The van der Waals surface area contributed by atoms with Gasteiger partial charge in [0.2, 0.25) is 6.23 Å². The van der Waals surface area contributed by atoms with Crippen molar-refractivity contribution in [2.45, 2.75) is 25.6 Å². The summed E-state index contributed by atoms with van der Waals surface area (Å²) in [5.41, 5.74) is 3.23. The molecule has 0 saturated carbocycles. The fourth-order valence-electron chi connectivity index (χ4n) is 4.46. The van der Waals surface area contributed by atoms with Gasteiger partial charge in [0, 0.05) is 22.6 Å². The highest BCUT2D eigenvalue weighted by molar-refractivity contribution is 6.30. The van der Waals surface area contributed by atoms with Gasteiger partial charge in [-0.2, -0.15) is 5.10 Å². The van der Waals surface area contributed by atoms with Gasteiger partial charge in [-0.25, -0.2) is 9.80 Å². The lowest BCUT2D eigenvalue weighted by Crippen LogP contribution is -2.33. The summed E-state index contributed by atoms with van der Waals surface area (Å²) in [5, 5.41) is 7.50. The van der Waals surface area contributed by atoms with Crippen LogP contribution in [-0.2, 0) is 0 Å². The number of hydrogen-bond acceptors (Lipinski definition) is 6. The molecular formula is C28H21ClN2O4. The van der Waals surface area contributed by atoms with Crippen LogP contribution in [0.5, 0.6) is 11.5 Å². The first-order chi connectivity index (χ1) is 17.0. The third-order valence-electron chi connectivity index (χ3n) is 6.16. The number of nitrogens with zero attached hydrogens (tertiary/aromatic N) is 2. The smallest absolute Gasteiger partial charge is 0.343 e. The standard InChI is InChI=1S/C28H21ClN2O4/c1-17-7-13-26(33-17)23-16-24-22-15-20(29)10-14-25(22)35-27(31(24)30-23)18-8-11-21(12-9-18)34-28(32)19-5-3-2-4-6-19/h2-15,24,27H,16H2,1H3/t24-,27-/m1/s1. The Hall–Kier alpha value is -4.03. The van der Waals surface area contributed by atoms with Crippen molar-refractivity contribution in [3.05, 3.63) is 118 Å². The predicted molar refractivity (Wildman–Crippen MR) is 132 cm³/mol. The van der Waals surface area contributed by atoms with Crippen LogP contribution in [0.3, 0.4) is 0 Å². The molecule has 1 aromatic heterocycles. The maximum absolute atomic E-state index is 12.4. The van der Waals surface area contributed by atoms with E-state index >= 15 is 0 Å². The predicted octanol–water partition coefficient (Wildman–Crippen LogP) is 6.70. The van der Waals surface area contributed by atoms with E-state index in [-0.39, 0.29) is 6.04 Å². The number of fused-ring (bicyclic) bond motifs is 3. The van der Waals surface area contributed by atoms with Crippen molar-refractivity contribution in [3.8, 4) is 11.5 Å². The van der Waals surface area contributed by atoms with Gasteiger partial charge >= 0.3 is 5.97 Å². The highest BCUT2D eigenvalue weighted by atomic mass is 35.5. The van der Waals surface area contributed by atoms with Crippen LogP contribution in [0, 0.1) is 6.92 Å². The SMILES string of the molecule is Cc1ccc(C2=NN3[C@H](C2)c2cc(Cl)ccc2O[C@@H]3c2ccc(OC(=O)c3ccccc3)cc2)o1. The van der Waals surface area contributed by atoms with Crippen molar-refractivity contribution in [2.24, 2.45) is 5.10 Å². The van der Waals surface area contributed by atoms with Gasteiger partial charge in [0.1, 0.15) is 28.7 Å². The summed E-state index contributed by atoms with van der Waals surface area (Å²) in [6.07, 6.45) is 0.216. The van der Waals surface area contributed by atoms with Gasteiger partial charge in [-0.1, -0.05) is 29.8 Å². The summed E-state index contributed by atoms with van der Waals surface area (Å²) >= 11 is 6.31. The third kappa shape index (κ3) is 4.06. The number of carbonyl (C=O) groups excluding carboxylic acids is 1. The second kappa shape index (κ2) is 8.64. The number of hydrazone groups is 1.